The first-order valence-corrected chi connectivity index (χ1v) is 6.29. The van der Waals surface area contributed by atoms with Crippen molar-refractivity contribution < 1.29 is 0 Å². The Hall–Kier alpha value is -2.09. The molecule has 7 nitrogen and oxygen atoms in total. The lowest BCUT2D eigenvalue weighted by atomic mass is 10.3. The van der Waals surface area contributed by atoms with Gasteiger partial charge in [-0.05, 0) is 27.6 Å². The molecule has 3 aromatic heterocycles. The van der Waals surface area contributed by atoms with E-state index in [4.69, 9.17) is 0 Å². The molecule has 19 heavy (non-hydrogen) atoms. The number of nitrogens with zero attached hydrogens (tertiary/aromatic N) is 6. The Kier molecular flexibility index (Phi) is 2.86. The molecular formula is C11H9BrN6O. The van der Waals surface area contributed by atoms with Crippen LogP contribution >= 0.6 is 15.9 Å². The average molecular weight is 321 g/mol. The van der Waals surface area contributed by atoms with Crippen LogP contribution in [-0.2, 0) is 13.6 Å². The highest BCUT2D eigenvalue weighted by Crippen LogP contribution is 2.10. The topological polar surface area (TPSA) is 78.5 Å². The molecule has 0 radical (unpaired) electrons. The van der Waals surface area contributed by atoms with Gasteiger partial charge in [0.2, 0.25) is 0 Å². The van der Waals surface area contributed by atoms with Crippen molar-refractivity contribution in [1.29, 1.82) is 0 Å². The molecule has 0 spiro atoms. The lowest BCUT2D eigenvalue weighted by Crippen LogP contribution is -2.24. The monoisotopic (exact) mass is 320 g/mol. The fourth-order valence-electron chi connectivity index (χ4n) is 1.80. The molecule has 0 aliphatic heterocycles. The van der Waals surface area contributed by atoms with E-state index in [1.54, 1.807) is 19.4 Å². The third-order valence-corrected chi connectivity index (χ3v) is 3.15. The molecule has 3 rings (SSSR count). The Morgan fingerprint density at radius 1 is 1.32 bits per heavy atom. The summed E-state index contributed by atoms with van der Waals surface area (Å²) < 4.78 is 3.68. The van der Waals surface area contributed by atoms with Gasteiger partial charge in [0.15, 0.2) is 5.65 Å². The van der Waals surface area contributed by atoms with Crippen LogP contribution in [0, 0.1) is 0 Å². The first kappa shape index (κ1) is 12.0. The summed E-state index contributed by atoms with van der Waals surface area (Å²) in [6.07, 6.45) is 4.87. The van der Waals surface area contributed by atoms with Crippen LogP contribution < -0.4 is 5.56 Å². The standard InChI is InChI=1S/C11H9BrN6O/c1-17-10-9(5-14-17)11(19)18(16-15-10)6-7-2-8(12)4-13-3-7/h2-5H,6H2,1H3. The Balaban J connectivity index is 2.06. The quantitative estimate of drug-likeness (QED) is 0.695. The van der Waals surface area contributed by atoms with Crippen molar-refractivity contribution in [3.8, 4) is 0 Å². The number of pyridine rings is 1. The van der Waals surface area contributed by atoms with Crippen LogP contribution in [0.25, 0.3) is 11.0 Å². The smallest absolute Gasteiger partial charge is 0.267 e. The molecule has 0 amide bonds. The lowest BCUT2D eigenvalue weighted by molar-refractivity contribution is 0.594. The van der Waals surface area contributed by atoms with Crippen molar-refractivity contribution in [3.63, 3.8) is 0 Å². The van der Waals surface area contributed by atoms with Gasteiger partial charge in [-0.2, -0.15) is 5.10 Å². The summed E-state index contributed by atoms with van der Waals surface area (Å²) in [7, 11) is 1.72. The predicted molar refractivity (Wildman–Crippen MR) is 71.6 cm³/mol. The molecule has 0 fully saturated rings. The molecular weight excluding hydrogens is 312 g/mol. The maximum atomic E-state index is 12.2. The number of hydrogen-bond donors (Lipinski definition) is 0. The van der Waals surface area contributed by atoms with Crippen LogP contribution in [0.3, 0.4) is 0 Å². The minimum Gasteiger partial charge on any atom is -0.267 e. The maximum Gasteiger partial charge on any atom is 0.281 e. The molecule has 0 saturated heterocycles. The van der Waals surface area contributed by atoms with Gasteiger partial charge in [-0.15, -0.1) is 5.10 Å². The van der Waals surface area contributed by atoms with Gasteiger partial charge in [-0.1, -0.05) is 5.21 Å². The second kappa shape index (κ2) is 4.54. The first-order valence-electron chi connectivity index (χ1n) is 5.50. The summed E-state index contributed by atoms with van der Waals surface area (Å²) in [5.41, 5.74) is 1.14. The number of aryl methyl sites for hydroxylation is 1. The number of rotatable bonds is 2. The minimum absolute atomic E-state index is 0.210. The van der Waals surface area contributed by atoms with E-state index in [0.717, 1.165) is 10.0 Å². The Bertz CT molecular complexity index is 808. The van der Waals surface area contributed by atoms with Crippen molar-refractivity contribution >= 4 is 27.0 Å². The van der Waals surface area contributed by atoms with Gasteiger partial charge in [0.25, 0.3) is 5.56 Å². The van der Waals surface area contributed by atoms with Crippen LogP contribution in [0.15, 0.2) is 33.9 Å². The Morgan fingerprint density at radius 3 is 2.95 bits per heavy atom. The van der Waals surface area contributed by atoms with E-state index in [1.807, 2.05) is 6.07 Å². The van der Waals surface area contributed by atoms with E-state index in [9.17, 15) is 4.79 Å². The van der Waals surface area contributed by atoms with Crippen molar-refractivity contribution in [2.45, 2.75) is 6.54 Å². The molecule has 0 bridgehead atoms. The highest BCUT2D eigenvalue weighted by molar-refractivity contribution is 9.10. The normalized spacial score (nSPS) is 11.1. The molecule has 3 heterocycles. The lowest BCUT2D eigenvalue weighted by Gasteiger charge is -2.03. The van der Waals surface area contributed by atoms with Gasteiger partial charge in [-0.3, -0.25) is 9.78 Å². The molecule has 3 aromatic rings. The third kappa shape index (κ3) is 2.14. The van der Waals surface area contributed by atoms with Crippen LogP contribution in [0.5, 0.6) is 0 Å². The maximum absolute atomic E-state index is 12.2. The van der Waals surface area contributed by atoms with Crippen molar-refractivity contribution in [1.82, 2.24) is 29.8 Å². The molecule has 0 atom stereocenters. The molecule has 0 aromatic carbocycles. The summed E-state index contributed by atoms with van der Waals surface area (Å²) in [6.45, 7) is 0.323. The molecule has 96 valence electrons. The molecule has 0 N–H and O–H groups in total. The highest BCUT2D eigenvalue weighted by Gasteiger charge is 2.09. The summed E-state index contributed by atoms with van der Waals surface area (Å²) in [5, 5.41) is 12.4. The van der Waals surface area contributed by atoms with E-state index >= 15 is 0 Å². The number of aromatic nitrogens is 6. The predicted octanol–water partition coefficient (Wildman–Crippen LogP) is 0.731. The first-order chi connectivity index (χ1) is 9.15. The van der Waals surface area contributed by atoms with Crippen LogP contribution in [-0.4, -0.2) is 29.8 Å². The van der Waals surface area contributed by atoms with E-state index in [2.05, 4.69) is 36.3 Å². The van der Waals surface area contributed by atoms with Gasteiger partial charge in [0, 0.05) is 23.9 Å². The molecule has 0 aliphatic rings. The van der Waals surface area contributed by atoms with Crippen molar-refractivity contribution in [2.75, 3.05) is 0 Å². The second-order valence-electron chi connectivity index (χ2n) is 4.07. The van der Waals surface area contributed by atoms with Gasteiger partial charge in [0.1, 0.15) is 5.39 Å². The zero-order valence-electron chi connectivity index (χ0n) is 9.99. The van der Waals surface area contributed by atoms with Gasteiger partial charge >= 0.3 is 0 Å². The van der Waals surface area contributed by atoms with Gasteiger partial charge in [-0.25, -0.2) is 9.36 Å². The SMILES string of the molecule is Cn1ncc2c(=O)n(Cc3cncc(Br)c3)nnc21. The van der Waals surface area contributed by atoms with E-state index in [-0.39, 0.29) is 5.56 Å². The van der Waals surface area contributed by atoms with E-state index in [1.165, 1.54) is 15.6 Å². The van der Waals surface area contributed by atoms with Crippen molar-refractivity contribution in [2.24, 2.45) is 7.05 Å². The zero-order chi connectivity index (χ0) is 13.4. The molecule has 8 heteroatoms. The van der Waals surface area contributed by atoms with Crippen LogP contribution in [0.1, 0.15) is 5.56 Å². The molecule has 0 unspecified atom stereocenters. The molecule has 0 saturated carbocycles. The number of fused-ring (bicyclic) bond motifs is 1. The summed E-state index contributed by atoms with van der Waals surface area (Å²) >= 11 is 3.34. The highest BCUT2D eigenvalue weighted by atomic mass is 79.9. The molecule has 0 aliphatic carbocycles. The number of halogens is 1. The van der Waals surface area contributed by atoms with Gasteiger partial charge < -0.3 is 0 Å². The summed E-state index contributed by atoms with van der Waals surface area (Å²) in [4.78, 5) is 16.3. The third-order valence-electron chi connectivity index (χ3n) is 2.71. The second-order valence-corrected chi connectivity index (χ2v) is 4.98. The Morgan fingerprint density at radius 2 is 2.16 bits per heavy atom. The Labute approximate surface area is 116 Å². The zero-order valence-corrected chi connectivity index (χ0v) is 11.6. The fourth-order valence-corrected chi connectivity index (χ4v) is 2.21. The minimum atomic E-state index is -0.210. The van der Waals surface area contributed by atoms with Crippen LogP contribution in [0.4, 0.5) is 0 Å². The van der Waals surface area contributed by atoms with E-state index in [0.29, 0.717) is 17.6 Å². The van der Waals surface area contributed by atoms with Crippen LogP contribution in [0.2, 0.25) is 0 Å². The van der Waals surface area contributed by atoms with Crippen molar-refractivity contribution in [3.05, 3.63) is 45.0 Å². The number of hydrogen-bond acceptors (Lipinski definition) is 5. The fraction of sp³-hybridized carbons (Fsp3) is 0.182. The summed E-state index contributed by atoms with van der Waals surface area (Å²) in [5.74, 6) is 0. The summed E-state index contributed by atoms with van der Waals surface area (Å²) in [6, 6.07) is 1.88. The average Bonchev–Trinajstić information content (AvgIpc) is 2.76. The largest absolute Gasteiger partial charge is 0.281 e. The van der Waals surface area contributed by atoms with Gasteiger partial charge in [0.05, 0.1) is 12.7 Å². The van der Waals surface area contributed by atoms with E-state index < -0.39 is 0 Å².